The third-order valence-corrected chi connectivity index (χ3v) is 2.50. The molecular weight excluding hydrogens is 218 g/mol. The Balaban J connectivity index is 2.05. The molecule has 1 aromatic heterocycles. The van der Waals surface area contributed by atoms with Crippen molar-refractivity contribution in [2.45, 2.75) is 6.54 Å². The maximum Gasteiger partial charge on any atom is 0.213 e. The topological polar surface area (TPSA) is 59.3 Å². The number of rotatable bonds is 4. The van der Waals surface area contributed by atoms with Crippen LogP contribution in [0.2, 0.25) is 0 Å². The number of benzene rings is 1. The van der Waals surface area contributed by atoms with Gasteiger partial charge < -0.3 is 15.2 Å². The second-order valence-corrected chi connectivity index (χ2v) is 3.68. The highest BCUT2D eigenvalue weighted by molar-refractivity contribution is 5.41. The molecule has 0 fully saturated rings. The molecule has 0 saturated carbocycles. The predicted octanol–water partition coefficient (Wildman–Crippen LogP) is 1.75. The lowest BCUT2D eigenvalue weighted by Crippen LogP contribution is -2.01. The van der Waals surface area contributed by atoms with Gasteiger partial charge in [0.05, 0.1) is 7.11 Å². The van der Waals surface area contributed by atoms with Crippen LogP contribution in [0, 0.1) is 0 Å². The van der Waals surface area contributed by atoms with Crippen molar-refractivity contribution in [3.63, 3.8) is 0 Å². The van der Waals surface area contributed by atoms with E-state index in [0.29, 0.717) is 18.2 Å². The van der Waals surface area contributed by atoms with Crippen molar-refractivity contribution in [3.8, 4) is 11.6 Å². The van der Waals surface area contributed by atoms with Crippen LogP contribution in [-0.4, -0.2) is 22.0 Å². The Morgan fingerprint density at radius 1 is 1.41 bits per heavy atom. The molecule has 0 spiro atoms. The molecule has 0 saturated heterocycles. The molecular formula is C12H15N3O2. The fraction of sp³-hybridized carbons (Fsp3) is 0.250. The average molecular weight is 233 g/mol. The summed E-state index contributed by atoms with van der Waals surface area (Å²) in [5, 5.41) is 17.0. The second-order valence-electron chi connectivity index (χ2n) is 3.68. The van der Waals surface area contributed by atoms with Crippen LogP contribution in [-0.2, 0) is 13.6 Å². The quantitative estimate of drug-likeness (QED) is 0.844. The Morgan fingerprint density at radius 2 is 2.18 bits per heavy atom. The lowest BCUT2D eigenvalue weighted by molar-refractivity contribution is 0.373. The fourth-order valence-electron chi connectivity index (χ4n) is 1.57. The minimum absolute atomic E-state index is 0.280. The first-order chi connectivity index (χ1) is 8.20. The monoisotopic (exact) mass is 233 g/mol. The molecule has 90 valence electrons. The van der Waals surface area contributed by atoms with E-state index in [2.05, 4.69) is 10.4 Å². The molecule has 0 atom stereocenters. The zero-order valence-corrected chi connectivity index (χ0v) is 9.84. The van der Waals surface area contributed by atoms with E-state index in [4.69, 9.17) is 4.74 Å². The summed E-state index contributed by atoms with van der Waals surface area (Å²) in [5.74, 6) is 1.68. The number of nitrogens with one attached hydrogen (secondary N) is 1. The summed E-state index contributed by atoms with van der Waals surface area (Å²) in [4.78, 5) is 0. The summed E-state index contributed by atoms with van der Waals surface area (Å²) in [6, 6.07) is 9.01. The van der Waals surface area contributed by atoms with E-state index >= 15 is 0 Å². The molecule has 2 N–H and O–H groups in total. The molecule has 17 heavy (non-hydrogen) atoms. The maximum absolute atomic E-state index is 9.60. The van der Waals surface area contributed by atoms with E-state index in [1.807, 2.05) is 19.2 Å². The van der Waals surface area contributed by atoms with E-state index in [9.17, 15) is 5.11 Å². The highest BCUT2D eigenvalue weighted by Gasteiger charge is 2.05. The van der Waals surface area contributed by atoms with Gasteiger partial charge in [0, 0.05) is 25.2 Å². The zero-order valence-electron chi connectivity index (χ0n) is 9.84. The number of aryl methyl sites for hydroxylation is 1. The Labute approximate surface area is 99.6 Å². The number of aromatic hydroxyl groups is 1. The normalized spacial score (nSPS) is 10.2. The Kier molecular flexibility index (Phi) is 3.18. The molecule has 0 radical (unpaired) electrons. The van der Waals surface area contributed by atoms with Crippen LogP contribution in [0.25, 0.3) is 0 Å². The molecule has 1 heterocycles. The number of phenolic OH excluding ortho intramolecular Hbond substituents is 1. The van der Waals surface area contributed by atoms with Gasteiger partial charge in [0.2, 0.25) is 5.88 Å². The summed E-state index contributed by atoms with van der Waals surface area (Å²) < 4.78 is 6.76. The van der Waals surface area contributed by atoms with Crippen molar-refractivity contribution in [2.75, 3.05) is 12.4 Å². The Morgan fingerprint density at radius 3 is 2.82 bits per heavy atom. The molecule has 5 nitrogen and oxygen atoms in total. The molecule has 2 rings (SSSR count). The van der Waals surface area contributed by atoms with E-state index < -0.39 is 0 Å². The number of anilines is 1. The lowest BCUT2D eigenvalue weighted by Gasteiger charge is -2.04. The molecule has 0 aliphatic carbocycles. The number of ether oxygens (including phenoxy) is 1. The van der Waals surface area contributed by atoms with Crippen molar-refractivity contribution in [3.05, 3.63) is 35.9 Å². The van der Waals surface area contributed by atoms with Gasteiger partial charge in [0.15, 0.2) is 5.82 Å². The zero-order chi connectivity index (χ0) is 12.3. The first kappa shape index (κ1) is 11.3. The van der Waals surface area contributed by atoms with Crippen LogP contribution < -0.4 is 10.1 Å². The van der Waals surface area contributed by atoms with Crippen LogP contribution in [0.5, 0.6) is 11.6 Å². The lowest BCUT2D eigenvalue weighted by atomic mass is 10.2. The van der Waals surface area contributed by atoms with Crippen molar-refractivity contribution in [2.24, 2.45) is 7.05 Å². The van der Waals surface area contributed by atoms with Crippen molar-refractivity contribution >= 4 is 5.82 Å². The van der Waals surface area contributed by atoms with E-state index in [1.165, 1.54) is 0 Å². The van der Waals surface area contributed by atoms with E-state index in [1.54, 1.807) is 30.0 Å². The number of phenols is 1. The number of hydrogen-bond acceptors (Lipinski definition) is 4. The van der Waals surface area contributed by atoms with Crippen LogP contribution in [0.15, 0.2) is 30.3 Å². The molecule has 1 aromatic carbocycles. The number of para-hydroxylation sites is 1. The molecule has 2 aromatic rings. The van der Waals surface area contributed by atoms with Crippen LogP contribution in [0.3, 0.4) is 0 Å². The SMILES string of the molecule is COc1cc(NCc2ccccc2O)nn1C. The minimum Gasteiger partial charge on any atom is -0.508 e. The van der Waals surface area contributed by atoms with Gasteiger partial charge in [-0.15, -0.1) is 0 Å². The summed E-state index contributed by atoms with van der Waals surface area (Å²) >= 11 is 0. The summed E-state index contributed by atoms with van der Waals surface area (Å²) in [5.41, 5.74) is 0.831. The van der Waals surface area contributed by atoms with Gasteiger partial charge in [0.25, 0.3) is 0 Å². The van der Waals surface area contributed by atoms with Gasteiger partial charge in [-0.2, -0.15) is 5.10 Å². The molecule has 0 unspecified atom stereocenters. The number of methoxy groups -OCH3 is 1. The number of aromatic nitrogens is 2. The summed E-state index contributed by atoms with van der Waals surface area (Å²) in [7, 11) is 3.41. The number of hydrogen-bond donors (Lipinski definition) is 2. The first-order valence-electron chi connectivity index (χ1n) is 5.29. The molecule has 0 aliphatic heterocycles. The standard InChI is InChI=1S/C12H15N3O2/c1-15-12(17-2)7-11(14-15)13-8-9-5-3-4-6-10(9)16/h3-7,16H,8H2,1-2H3,(H,13,14). The Bertz CT molecular complexity index is 508. The van der Waals surface area contributed by atoms with Gasteiger partial charge in [-0.1, -0.05) is 18.2 Å². The fourth-order valence-corrected chi connectivity index (χ4v) is 1.57. The second kappa shape index (κ2) is 4.78. The van der Waals surface area contributed by atoms with Gasteiger partial charge in [-0.05, 0) is 6.07 Å². The molecule has 0 amide bonds. The molecule has 0 bridgehead atoms. The van der Waals surface area contributed by atoms with Gasteiger partial charge in [0.1, 0.15) is 5.75 Å². The maximum atomic E-state index is 9.60. The van der Waals surface area contributed by atoms with Crippen molar-refractivity contribution < 1.29 is 9.84 Å². The average Bonchev–Trinajstić information content (AvgIpc) is 2.69. The van der Waals surface area contributed by atoms with Gasteiger partial charge in [-0.25, -0.2) is 4.68 Å². The van der Waals surface area contributed by atoms with Gasteiger partial charge >= 0.3 is 0 Å². The van der Waals surface area contributed by atoms with Crippen LogP contribution in [0.4, 0.5) is 5.82 Å². The third kappa shape index (κ3) is 2.50. The molecule has 0 aliphatic rings. The summed E-state index contributed by atoms with van der Waals surface area (Å²) in [6.07, 6.45) is 0. The highest BCUT2D eigenvalue weighted by Crippen LogP contribution is 2.19. The minimum atomic E-state index is 0.280. The third-order valence-electron chi connectivity index (χ3n) is 2.50. The van der Waals surface area contributed by atoms with E-state index in [0.717, 1.165) is 5.56 Å². The van der Waals surface area contributed by atoms with Crippen molar-refractivity contribution in [1.29, 1.82) is 0 Å². The summed E-state index contributed by atoms with van der Waals surface area (Å²) in [6.45, 7) is 0.521. The largest absolute Gasteiger partial charge is 0.508 e. The molecule has 5 heteroatoms. The van der Waals surface area contributed by atoms with Crippen LogP contribution in [0.1, 0.15) is 5.56 Å². The predicted molar refractivity (Wildman–Crippen MR) is 65.2 cm³/mol. The van der Waals surface area contributed by atoms with Crippen molar-refractivity contribution in [1.82, 2.24) is 9.78 Å². The Hall–Kier alpha value is -2.17. The number of nitrogens with zero attached hydrogens (tertiary/aromatic N) is 2. The van der Waals surface area contributed by atoms with Gasteiger partial charge in [-0.3, -0.25) is 0 Å². The van der Waals surface area contributed by atoms with E-state index in [-0.39, 0.29) is 5.75 Å². The highest BCUT2D eigenvalue weighted by atomic mass is 16.5. The first-order valence-corrected chi connectivity index (χ1v) is 5.29. The van der Waals surface area contributed by atoms with Crippen LogP contribution >= 0.6 is 0 Å². The smallest absolute Gasteiger partial charge is 0.213 e.